The van der Waals surface area contributed by atoms with Crippen molar-refractivity contribution in [2.75, 3.05) is 0 Å². The second kappa shape index (κ2) is 9.25. The number of benzene rings is 2. The van der Waals surface area contributed by atoms with Crippen molar-refractivity contribution in [2.24, 2.45) is 0 Å². The molecule has 0 amide bonds. The maximum atomic E-state index is 2.47. The van der Waals surface area contributed by atoms with Crippen molar-refractivity contribution >= 4 is 48.2 Å². The van der Waals surface area contributed by atoms with Crippen LogP contribution >= 0.6 is 22.7 Å². The number of hydrogen-bond acceptors (Lipinski definition) is 2. The van der Waals surface area contributed by atoms with Gasteiger partial charge in [-0.2, -0.15) is 0 Å². The predicted molar refractivity (Wildman–Crippen MR) is 142 cm³/mol. The van der Waals surface area contributed by atoms with Crippen molar-refractivity contribution in [1.29, 1.82) is 0 Å². The van der Waals surface area contributed by atoms with Crippen LogP contribution in [0.2, 0.25) is 8.87 Å². The zero-order valence-electron chi connectivity index (χ0n) is 19.0. The summed E-state index contributed by atoms with van der Waals surface area (Å²) in [6, 6.07) is 27.2. The second-order valence-electron chi connectivity index (χ2n) is 9.96. The summed E-state index contributed by atoms with van der Waals surface area (Å²) in [7, 11) is 0. The molecule has 0 aliphatic rings. The quantitative estimate of drug-likeness (QED) is 0.201. The van der Waals surface area contributed by atoms with E-state index < -0.39 is 18.4 Å². The Morgan fingerprint density at radius 3 is 1.29 bits per heavy atom. The van der Waals surface area contributed by atoms with Crippen LogP contribution in [-0.4, -0.2) is 18.4 Å². The first-order valence-electron chi connectivity index (χ1n) is 11.0. The summed E-state index contributed by atoms with van der Waals surface area (Å²) in [4.78, 5) is 0. The Kier molecular flexibility index (Phi) is 6.81. The molecule has 0 aliphatic heterocycles. The van der Waals surface area contributed by atoms with Gasteiger partial charge in [-0.15, -0.1) is 0 Å². The van der Waals surface area contributed by atoms with E-state index in [-0.39, 0.29) is 10.8 Å². The first-order valence-corrected chi connectivity index (χ1v) is 19.8. The predicted octanol–water partition coefficient (Wildman–Crippen LogP) is 7.33. The van der Waals surface area contributed by atoms with Gasteiger partial charge in [-0.1, -0.05) is 0 Å². The summed E-state index contributed by atoms with van der Waals surface area (Å²) >= 11 is 0.643. The van der Waals surface area contributed by atoms with Gasteiger partial charge in [-0.25, -0.2) is 0 Å². The Bertz CT molecular complexity index is 973. The fraction of sp³-hybridized carbons (Fsp3) is 0.286. The molecule has 31 heavy (non-hydrogen) atoms. The molecule has 0 bridgehead atoms. The molecular formula is C28H32S2Sn. The summed E-state index contributed by atoms with van der Waals surface area (Å²) in [5.41, 5.74) is 3.18. The number of rotatable bonds is 8. The van der Waals surface area contributed by atoms with Gasteiger partial charge >= 0.3 is 201 Å². The van der Waals surface area contributed by atoms with Crippen LogP contribution in [0.15, 0.2) is 94.3 Å². The molecule has 0 saturated carbocycles. The monoisotopic (exact) mass is 552 g/mol. The molecule has 2 aromatic heterocycles. The Labute approximate surface area is 199 Å². The maximum absolute atomic E-state index is 3.08. The fourth-order valence-corrected chi connectivity index (χ4v) is 28.1. The van der Waals surface area contributed by atoms with Crippen molar-refractivity contribution in [3.63, 3.8) is 0 Å². The topological polar surface area (TPSA) is 0 Å². The van der Waals surface area contributed by atoms with E-state index in [0.29, 0.717) is 0 Å². The van der Waals surface area contributed by atoms with Crippen LogP contribution < -0.4 is 7.16 Å². The first kappa shape index (κ1) is 22.8. The fourth-order valence-electron chi connectivity index (χ4n) is 5.20. The third-order valence-corrected chi connectivity index (χ3v) is 25.9. The molecule has 0 aliphatic carbocycles. The third kappa shape index (κ3) is 4.86. The van der Waals surface area contributed by atoms with Gasteiger partial charge in [-0.05, 0) is 0 Å². The van der Waals surface area contributed by atoms with E-state index in [1.807, 2.05) is 22.7 Å². The molecule has 0 atom stereocenters. The van der Waals surface area contributed by atoms with Crippen LogP contribution in [0.5, 0.6) is 0 Å². The van der Waals surface area contributed by atoms with Crippen LogP contribution in [0.1, 0.15) is 38.8 Å². The Hall–Kier alpha value is -1.36. The van der Waals surface area contributed by atoms with Gasteiger partial charge in [0.2, 0.25) is 0 Å². The molecule has 2 heterocycles. The first-order chi connectivity index (χ1) is 14.8. The van der Waals surface area contributed by atoms with E-state index in [4.69, 9.17) is 0 Å². The van der Waals surface area contributed by atoms with Crippen molar-refractivity contribution in [3.05, 3.63) is 105 Å². The van der Waals surface area contributed by atoms with E-state index >= 15 is 0 Å². The molecule has 160 valence electrons. The van der Waals surface area contributed by atoms with Gasteiger partial charge in [0.1, 0.15) is 0 Å². The zero-order chi connectivity index (χ0) is 22.0. The normalized spacial score (nSPS) is 12.8. The molecule has 2 aromatic carbocycles. The van der Waals surface area contributed by atoms with Gasteiger partial charge in [0.05, 0.1) is 0 Å². The van der Waals surface area contributed by atoms with Crippen LogP contribution in [0.3, 0.4) is 0 Å². The molecule has 4 aromatic rings. The SMILES string of the molecule is CC(C)([CH2][Sn]([CH2]C(C)(C)c1ccccc1)([c]1ccsc1)[c]1ccsc1)c1ccccc1. The summed E-state index contributed by atoms with van der Waals surface area (Å²) in [5, 5.41) is 9.52. The van der Waals surface area contributed by atoms with Crippen molar-refractivity contribution < 1.29 is 0 Å². The Balaban J connectivity index is 1.86. The molecule has 3 heteroatoms. The van der Waals surface area contributed by atoms with Crippen molar-refractivity contribution in [3.8, 4) is 0 Å². The molecule has 0 unspecified atom stereocenters. The van der Waals surface area contributed by atoms with Gasteiger partial charge < -0.3 is 0 Å². The van der Waals surface area contributed by atoms with E-state index in [0.717, 1.165) is 0 Å². The van der Waals surface area contributed by atoms with Gasteiger partial charge in [0.15, 0.2) is 0 Å². The average Bonchev–Trinajstić information content (AvgIpc) is 3.49. The molecule has 0 N–H and O–H groups in total. The van der Waals surface area contributed by atoms with Crippen molar-refractivity contribution in [2.45, 2.75) is 47.4 Å². The third-order valence-electron chi connectivity index (χ3n) is 6.75. The molecule has 0 spiro atoms. The van der Waals surface area contributed by atoms with Crippen LogP contribution in [-0.2, 0) is 10.8 Å². The molecule has 0 saturated heterocycles. The van der Waals surface area contributed by atoms with Gasteiger partial charge in [0, 0.05) is 0 Å². The zero-order valence-corrected chi connectivity index (χ0v) is 23.5. The standard InChI is InChI=1S/2C10H13.2C4H3S.Sn/c2*1-10(2,3)9-7-5-4-6-8-9;2*1-2-4-5-3-1;/h2*4-8H,1H2,2-3H3;2*1,3-4H;. The van der Waals surface area contributed by atoms with E-state index in [2.05, 4.69) is 122 Å². The van der Waals surface area contributed by atoms with Gasteiger partial charge in [-0.3, -0.25) is 0 Å². The van der Waals surface area contributed by atoms with E-state index in [1.54, 1.807) is 7.16 Å². The van der Waals surface area contributed by atoms with Crippen LogP contribution in [0.25, 0.3) is 0 Å². The summed E-state index contributed by atoms with van der Waals surface area (Å²) in [6.07, 6.45) is 0. The molecule has 0 radical (unpaired) electrons. The molecular weight excluding hydrogens is 519 g/mol. The Morgan fingerprint density at radius 2 is 0.968 bits per heavy atom. The molecule has 4 rings (SSSR count). The summed E-state index contributed by atoms with van der Waals surface area (Å²) in [5.74, 6) is 0. The van der Waals surface area contributed by atoms with E-state index in [9.17, 15) is 0 Å². The number of thiophene rings is 2. The summed E-state index contributed by atoms with van der Waals surface area (Å²) in [6.45, 7) is 9.84. The summed E-state index contributed by atoms with van der Waals surface area (Å²) < 4.78 is 5.86. The van der Waals surface area contributed by atoms with Crippen molar-refractivity contribution in [1.82, 2.24) is 0 Å². The van der Waals surface area contributed by atoms with Crippen LogP contribution in [0, 0.1) is 0 Å². The van der Waals surface area contributed by atoms with Crippen LogP contribution in [0.4, 0.5) is 0 Å². The molecule has 0 fully saturated rings. The Morgan fingerprint density at radius 1 is 0.581 bits per heavy atom. The van der Waals surface area contributed by atoms with Gasteiger partial charge in [0.25, 0.3) is 0 Å². The average molecular weight is 551 g/mol. The molecule has 0 nitrogen and oxygen atoms in total. The second-order valence-corrected chi connectivity index (χ2v) is 23.0. The minimum absolute atomic E-state index is 0.133. The number of hydrogen-bond donors (Lipinski definition) is 0. The minimum atomic E-state index is -3.08. The van der Waals surface area contributed by atoms with E-state index in [1.165, 1.54) is 20.0 Å².